The van der Waals surface area contributed by atoms with Crippen molar-refractivity contribution >= 4 is 10.1 Å². The van der Waals surface area contributed by atoms with Crippen molar-refractivity contribution < 1.29 is 12.6 Å². The fraction of sp³-hybridized carbons (Fsp3) is 0.679. The Hall–Kier alpha value is -1.66. The molecular formula is C28H48N2O3S. The van der Waals surface area contributed by atoms with Crippen LogP contribution in [0.4, 0.5) is 0 Å². The van der Waals surface area contributed by atoms with Crippen LogP contribution in [-0.4, -0.2) is 24.5 Å². The highest BCUT2D eigenvalue weighted by Gasteiger charge is 2.28. The molecule has 3 atom stereocenters. The summed E-state index contributed by atoms with van der Waals surface area (Å²) in [5.74, 6) is 0.678. The average molecular weight is 493 g/mol. The van der Waals surface area contributed by atoms with Gasteiger partial charge in [-0.3, -0.25) is 4.18 Å². The van der Waals surface area contributed by atoms with E-state index in [1.807, 2.05) is 13.0 Å². The minimum atomic E-state index is -3.69. The molecule has 2 rings (SSSR count). The van der Waals surface area contributed by atoms with Crippen molar-refractivity contribution in [3.05, 3.63) is 49.1 Å². The zero-order chi connectivity index (χ0) is 25.1. The van der Waals surface area contributed by atoms with E-state index in [0.29, 0.717) is 12.3 Å². The fourth-order valence-electron chi connectivity index (χ4n) is 4.13. The maximum absolute atomic E-state index is 12.5. The van der Waals surface area contributed by atoms with Gasteiger partial charge < -0.3 is 4.98 Å². The Morgan fingerprint density at radius 2 is 1.47 bits per heavy atom. The van der Waals surface area contributed by atoms with Crippen molar-refractivity contribution in [2.45, 2.75) is 116 Å². The third kappa shape index (κ3) is 13.3. The molecule has 0 aliphatic rings. The molecule has 1 aromatic heterocycles. The summed E-state index contributed by atoms with van der Waals surface area (Å²) < 4.78 is 30.7. The van der Waals surface area contributed by atoms with E-state index < -0.39 is 10.1 Å². The lowest BCUT2D eigenvalue weighted by molar-refractivity contribution is 0.109. The number of H-pyrrole nitrogens is 1. The highest BCUT2D eigenvalue weighted by molar-refractivity contribution is 7.86. The van der Waals surface area contributed by atoms with E-state index in [1.54, 1.807) is 43.0 Å². The van der Waals surface area contributed by atoms with Crippen molar-refractivity contribution in [3.63, 3.8) is 0 Å². The standard InChI is InChI=1S/C25H44O3S.C3H4N2/c1-5-7-8-9-10-11-12-13-14-16-19-22(3)23(4)25(6-2)28-29(26,27)24-20-17-15-18-21-24;1-2-5-3-4-1/h15,17-18,20-23,25H,5-14,16,19H2,1-4H3;1-3H,(H,4,5). The van der Waals surface area contributed by atoms with Gasteiger partial charge in [0.15, 0.2) is 0 Å². The molecule has 0 bridgehead atoms. The number of nitrogens with one attached hydrogen (secondary N) is 1. The lowest BCUT2D eigenvalue weighted by Crippen LogP contribution is -2.29. The van der Waals surface area contributed by atoms with E-state index in [1.165, 1.54) is 64.2 Å². The molecule has 1 aromatic carbocycles. The zero-order valence-corrected chi connectivity index (χ0v) is 22.7. The molecule has 3 unspecified atom stereocenters. The van der Waals surface area contributed by atoms with Gasteiger partial charge in [0, 0.05) is 12.4 Å². The third-order valence-electron chi connectivity index (χ3n) is 6.59. The normalized spacial score (nSPS) is 14.1. The number of benzene rings is 1. The van der Waals surface area contributed by atoms with Crippen LogP contribution in [0.15, 0.2) is 53.9 Å². The SMILES string of the molecule is CCCCCCCCCCCCC(C)C(C)C(CC)OS(=O)(=O)c1ccccc1.c1c[nH]cn1. The minimum absolute atomic E-state index is 0.219. The summed E-state index contributed by atoms with van der Waals surface area (Å²) >= 11 is 0. The lowest BCUT2D eigenvalue weighted by atomic mass is 9.85. The van der Waals surface area contributed by atoms with Crippen LogP contribution in [0.1, 0.15) is 105 Å². The largest absolute Gasteiger partial charge is 0.351 e. The number of nitrogens with zero attached hydrogens (tertiary/aromatic N) is 1. The molecule has 0 aliphatic carbocycles. The zero-order valence-electron chi connectivity index (χ0n) is 21.9. The minimum Gasteiger partial charge on any atom is -0.351 e. The molecule has 0 radical (unpaired) electrons. The van der Waals surface area contributed by atoms with Crippen molar-refractivity contribution in [1.82, 2.24) is 9.97 Å². The number of aromatic nitrogens is 2. The van der Waals surface area contributed by atoms with E-state index in [0.717, 1.165) is 6.42 Å². The smallest absolute Gasteiger partial charge is 0.297 e. The second kappa shape index (κ2) is 18.6. The molecular weight excluding hydrogens is 444 g/mol. The Morgan fingerprint density at radius 3 is 1.94 bits per heavy atom. The number of aromatic amines is 1. The molecule has 0 spiro atoms. The lowest BCUT2D eigenvalue weighted by Gasteiger charge is -2.28. The van der Waals surface area contributed by atoms with Gasteiger partial charge in [-0.2, -0.15) is 8.42 Å². The van der Waals surface area contributed by atoms with Crippen molar-refractivity contribution in [2.75, 3.05) is 0 Å². The first-order valence-electron chi connectivity index (χ1n) is 13.3. The molecule has 1 heterocycles. The molecule has 0 fully saturated rings. The van der Waals surface area contributed by atoms with Gasteiger partial charge in [-0.25, -0.2) is 4.98 Å². The van der Waals surface area contributed by atoms with Crippen LogP contribution in [0, 0.1) is 11.8 Å². The van der Waals surface area contributed by atoms with Crippen LogP contribution in [-0.2, 0) is 14.3 Å². The van der Waals surface area contributed by atoms with Crippen LogP contribution in [0.25, 0.3) is 0 Å². The Balaban J connectivity index is 0.00000102. The number of rotatable bonds is 17. The molecule has 194 valence electrons. The quantitative estimate of drug-likeness (QED) is 0.178. The number of hydrogen-bond acceptors (Lipinski definition) is 4. The summed E-state index contributed by atoms with van der Waals surface area (Å²) in [4.78, 5) is 6.66. The summed E-state index contributed by atoms with van der Waals surface area (Å²) in [6.07, 6.45) is 20.1. The van der Waals surface area contributed by atoms with Crippen molar-refractivity contribution in [3.8, 4) is 0 Å². The van der Waals surface area contributed by atoms with Crippen LogP contribution >= 0.6 is 0 Å². The first kappa shape index (κ1) is 30.4. The number of imidazole rings is 1. The molecule has 6 heteroatoms. The predicted octanol–water partition coefficient (Wildman–Crippen LogP) is 8.16. The van der Waals surface area contributed by atoms with Gasteiger partial charge in [-0.05, 0) is 30.4 Å². The Morgan fingerprint density at radius 1 is 0.882 bits per heavy atom. The Bertz CT molecular complexity index is 777. The number of unbranched alkanes of at least 4 members (excludes halogenated alkanes) is 9. The van der Waals surface area contributed by atoms with Gasteiger partial charge in [0.1, 0.15) is 0 Å². The summed E-state index contributed by atoms with van der Waals surface area (Å²) in [7, 11) is -3.69. The van der Waals surface area contributed by atoms with Gasteiger partial charge in [-0.1, -0.05) is 117 Å². The maximum Gasteiger partial charge on any atom is 0.297 e. The summed E-state index contributed by atoms with van der Waals surface area (Å²) in [5, 5.41) is 0. The Labute approximate surface area is 209 Å². The van der Waals surface area contributed by atoms with Crippen LogP contribution < -0.4 is 0 Å². The van der Waals surface area contributed by atoms with E-state index in [2.05, 4.69) is 30.7 Å². The number of hydrogen-bond donors (Lipinski definition) is 1. The van der Waals surface area contributed by atoms with Crippen LogP contribution in [0.5, 0.6) is 0 Å². The average Bonchev–Trinajstić information content (AvgIpc) is 3.44. The highest BCUT2D eigenvalue weighted by atomic mass is 32.2. The maximum atomic E-state index is 12.5. The van der Waals surface area contributed by atoms with Crippen molar-refractivity contribution in [1.29, 1.82) is 0 Å². The topological polar surface area (TPSA) is 72.1 Å². The highest BCUT2D eigenvalue weighted by Crippen LogP contribution is 2.28. The molecule has 1 N–H and O–H groups in total. The molecule has 2 aromatic rings. The van der Waals surface area contributed by atoms with E-state index in [4.69, 9.17) is 4.18 Å². The van der Waals surface area contributed by atoms with Gasteiger partial charge in [0.2, 0.25) is 0 Å². The summed E-state index contributed by atoms with van der Waals surface area (Å²) in [5.41, 5.74) is 0. The molecule has 0 aliphatic heterocycles. The van der Waals surface area contributed by atoms with E-state index >= 15 is 0 Å². The Kier molecular flexibility index (Phi) is 16.7. The van der Waals surface area contributed by atoms with Crippen molar-refractivity contribution in [2.24, 2.45) is 11.8 Å². The van der Waals surface area contributed by atoms with Crippen LogP contribution in [0.3, 0.4) is 0 Å². The fourth-order valence-corrected chi connectivity index (χ4v) is 5.37. The van der Waals surface area contributed by atoms with E-state index in [-0.39, 0.29) is 16.9 Å². The molecule has 0 saturated carbocycles. The predicted molar refractivity (Wildman–Crippen MR) is 142 cm³/mol. The van der Waals surface area contributed by atoms with Gasteiger partial charge in [-0.15, -0.1) is 0 Å². The van der Waals surface area contributed by atoms with Crippen LogP contribution in [0.2, 0.25) is 0 Å². The monoisotopic (exact) mass is 492 g/mol. The molecule has 5 nitrogen and oxygen atoms in total. The molecule has 0 saturated heterocycles. The summed E-state index contributed by atoms with van der Waals surface area (Å²) in [6.45, 7) is 8.64. The summed E-state index contributed by atoms with van der Waals surface area (Å²) in [6, 6.07) is 8.47. The molecule has 0 amide bonds. The third-order valence-corrected chi connectivity index (χ3v) is 7.94. The van der Waals surface area contributed by atoms with Gasteiger partial charge in [0.25, 0.3) is 10.1 Å². The first-order chi connectivity index (χ1) is 16.4. The van der Waals surface area contributed by atoms with Gasteiger partial charge in [0.05, 0.1) is 17.3 Å². The van der Waals surface area contributed by atoms with E-state index in [9.17, 15) is 8.42 Å². The second-order valence-electron chi connectivity index (χ2n) is 9.38. The second-order valence-corrected chi connectivity index (χ2v) is 10.9. The molecule has 34 heavy (non-hydrogen) atoms. The van der Waals surface area contributed by atoms with Gasteiger partial charge >= 0.3 is 0 Å². The first-order valence-corrected chi connectivity index (χ1v) is 14.7.